The van der Waals surface area contributed by atoms with E-state index in [1.165, 1.54) is 0 Å². The van der Waals surface area contributed by atoms with Gasteiger partial charge in [0.2, 0.25) is 0 Å². The second-order valence-electron chi connectivity index (χ2n) is 3.40. The summed E-state index contributed by atoms with van der Waals surface area (Å²) in [6, 6.07) is 2.34. The summed E-state index contributed by atoms with van der Waals surface area (Å²) >= 11 is 0. The van der Waals surface area contributed by atoms with Gasteiger partial charge in [0.05, 0.1) is 6.07 Å². The molecule has 0 aliphatic heterocycles. The molecule has 68 valence electrons. The van der Waals surface area contributed by atoms with Crippen LogP contribution in [0.2, 0.25) is 0 Å². The second-order valence-corrected chi connectivity index (χ2v) is 3.40. The maximum atomic E-state index is 8.94. The molecule has 0 amide bonds. The zero-order valence-electron chi connectivity index (χ0n) is 7.34. The third kappa shape index (κ3) is 2.20. The van der Waals surface area contributed by atoms with Crippen molar-refractivity contribution in [2.45, 2.75) is 37.6 Å². The SMILES string of the molecule is N#CC1(NCCCO)CCCC1. The van der Waals surface area contributed by atoms with Crippen LogP contribution in [0.25, 0.3) is 0 Å². The highest BCUT2D eigenvalue weighted by atomic mass is 16.3. The highest BCUT2D eigenvalue weighted by Gasteiger charge is 2.32. The summed E-state index contributed by atoms with van der Waals surface area (Å²) in [7, 11) is 0. The van der Waals surface area contributed by atoms with Gasteiger partial charge < -0.3 is 5.11 Å². The van der Waals surface area contributed by atoms with Crippen molar-refractivity contribution < 1.29 is 5.11 Å². The molecule has 1 aliphatic carbocycles. The smallest absolute Gasteiger partial charge is 0.106 e. The lowest BCUT2D eigenvalue weighted by molar-refractivity contribution is 0.278. The van der Waals surface area contributed by atoms with Crippen LogP contribution in [0.4, 0.5) is 0 Å². The van der Waals surface area contributed by atoms with E-state index in [1.807, 2.05) is 0 Å². The second kappa shape index (κ2) is 4.44. The van der Waals surface area contributed by atoms with Gasteiger partial charge >= 0.3 is 0 Å². The Labute approximate surface area is 73.4 Å². The number of nitrogens with zero attached hydrogens (tertiary/aromatic N) is 1. The fraction of sp³-hybridized carbons (Fsp3) is 0.889. The van der Waals surface area contributed by atoms with E-state index in [1.54, 1.807) is 0 Å². The molecular weight excluding hydrogens is 152 g/mol. The van der Waals surface area contributed by atoms with E-state index in [0.29, 0.717) is 0 Å². The first-order chi connectivity index (χ1) is 5.83. The van der Waals surface area contributed by atoms with Crippen LogP contribution in [0.15, 0.2) is 0 Å². The van der Waals surface area contributed by atoms with Gasteiger partial charge in [-0.3, -0.25) is 5.32 Å². The third-order valence-corrected chi connectivity index (χ3v) is 2.47. The molecule has 0 radical (unpaired) electrons. The fourth-order valence-corrected chi connectivity index (χ4v) is 1.71. The first-order valence-electron chi connectivity index (χ1n) is 4.60. The van der Waals surface area contributed by atoms with Gasteiger partial charge in [-0.15, -0.1) is 0 Å². The monoisotopic (exact) mass is 168 g/mol. The van der Waals surface area contributed by atoms with Crippen LogP contribution in [0, 0.1) is 11.3 Å². The van der Waals surface area contributed by atoms with Crippen molar-refractivity contribution in [3.8, 4) is 6.07 Å². The van der Waals surface area contributed by atoms with E-state index >= 15 is 0 Å². The van der Waals surface area contributed by atoms with Crippen molar-refractivity contribution in [3.63, 3.8) is 0 Å². The van der Waals surface area contributed by atoms with Gasteiger partial charge in [0, 0.05) is 6.61 Å². The quantitative estimate of drug-likeness (QED) is 0.610. The summed E-state index contributed by atoms with van der Waals surface area (Å²) < 4.78 is 0. The number of hydrogen-bond donors (Lipinski definition) is 2. The first kappa shape index (κ1) is 9.50. The summed E-state index contributed by atoms with van der Waals surface area (Å²) in [6.07, 6.45) is 4.98. The van der Waals surface area contributed by atoms with Crippen molar-refractivity contribution in [3.05, 3.63) is 0 Å². The Morgan fingerprint density at radius 1 is 1.42 bits per heavy atom. The zero-order chi connectivity index (χ0) is 8.86. The Balaban J connectivity index is 2.30. The summed E-state index contributed by atoms with van der Waals surface area (Å²) in [6.45, 7) is 0.957. The Kier molecular flexibility index (Phi) is 3.51. The van der Waals surface area contributed by atoms with Crippen LogP contribution in [0.5, 0.6) is 0 Å². The molecule has 12 heavy (non-hydrogen) atoms. The molecule has 0 atom stereocenters. The molecule has 3 heteroatoms. The standard InChI is InChI=1S/C9H16N2O/c10-8-9(4-1-2-5-9)11-6-3-7-12/h11-12H,1-7H2. The number of nitrogens with one attached hydrogen (secondary N) is 1. The molecule has 2 N–H and O–H groups in total. The molecule has 0 aromatic carbocycles. The van der Waals surface area contributed by atoms with E-state index in [-0.39, 0.29) is 12.1 Å². The third-order valence-electron chi connectivity index (χ3n) is 2.47. The van der Waals surface area contributed by atoms with E-state index in [0.717, 1.165) is 38.6 Å². The molecule has 0 bridgehead atoms. The molecule has 0 aromatic heterocycles. The molecule has 3 nitrogen and oxygen atoms in total. The average molecular weight is 168 g/mol. The van der Waals surface area contributed by atoms with Crippen molar-refractivity contribution in [2.24, 2.45) is 0 Å². The molecular formula is C9H16N2O. The van der Waals surface area contributed by atoms with Crippen LogP contribution >= 0.6 is 0 Å². The van der Waals surface area contributed by atoms with Crippen LogP contribution < -0.4 is 5.32 Å². The van der Waals surface area contributed by atoms with Crippen molar-refractivity contribution in [1.82, 2.24) is 5.32 Å². The topological polar surface area (TPSA) is 56.0 Å². The lowest BCUT2D eigenvalue weighted by Crippen LogP contribution is -2.41. The number of aliphatic hydroxyl groups excluding tert-OH is 1. The molecule has 0 unspecified atom stereocenters. The van der Waals surface area contributed by atoms with Crippen LogP contribution in [-0.4, -0.2) is 23.8 Å². The molecule has 0 spiro atoms. The van der Waals surface area contributed by atoms with Gasteiger partial charge in [-0.2, -0.15) is 5.26 Å². The predicted octanol–water partition coefficient (Wildman–Crippen LogP) is 0.795. The lowest BCUT2D eigenvalue weighted by Gasteiger charge is -2.21. The molecule has 0 heterocycles. The van der Waals surface area contributed by atoms with Gasteiger partial charge in [-0.05, 0) is 25.8 Å². The van der Waals surface area contributed by atoms with E-state index in [9.17, 15) is 0 Å². The minimum Gasteiger partial charge on any atom is -0.396 e. The average Bonchev–Trinajstić information content (AvgIpc) is 2.55. The van der Waals surface area contributed by atoms with Gasteiger partial charge in [-0.1, -0.05) is 12.8 Å². The maximum absolute atomic E-state index is 8.94. The summed E-state index contributed by atoms with van der Waals surface area (Å²) in [5.74, 6) is 0. The fourth-order valence-electron chi connectivity index (χ4n) is 1.71. The number of rotatable bonds is 4. The van der Waals surface area contributed by atoms with Crippen molar-refractivity contribution in [1.29, 1.82) is 5.26 Å². The highest BCUT2D eigenvalue weighted by Crippen LogP contribution is 2.28. The van der Waals surface area contributed by atoms with Crippen LogP contribution in [0.3, 0.4) is 0 Å². The van der Waals surface area contributed by atoms with Crippen molar-refractivity contribution >= 4 is 0 Å². The molecule has 1 fully saturated rings. The number of aliphatic hydroxyl groups is 1. The minimum atomic E-state index is -0.269. The lowest BCUT2D eigenvalue weighted by atomic mass is 10.00. The Morgan fingerprint density at radius 3 is 2.58 bits per heavy atom. The van der Waals surface area contributed by atoms with E-state index in [2.05, 4.69) is 11.4 Å². The molecule has 1 rings (SSSR count). The molecule has 1 aliphatic rings. The molecule has 0 aromatic rings. The Hall–Kier alpha value is -0.590. The van der Waals surface area contributed by atoms with Crippen molar-refractivity contribution in [2.75, 3.05) is 13.2 Å². The summed E-state index contributed by atoms with van der Waals surface area (Å²) in [4.78, 5) is 0. The van der Waals surface area contributed by atoms with E-state index < -0.39 is 0 Å². The van der Waals surface area contributed by atoms with Gasteiger partial charge in [0.25, 0.3) is 0 Å². The molecule has 1 saturated carbocycles. The number of hydrogen-bond acceptors (Lipinski definition) is 3. The summed E-state index contributed by atoms with van der Waals surface area (Å²) in [5.41, 5.74) is -0.269. The predicted molar refractivity (Wildman–Crippen MR) is 46.5 cm³/mol. The minimum absolute atomic E-state index is 0.203. The van der Waals surface area contributed by atoms with Gasteiger partial charge in [0.1, 0.15) is 5.54 Å². The normalized spacial score (nSPS) is 20.7. The van der Waals surface area contributed by atoms with E-state index in [4.69, 9.17) is 10.4 Å². The Bertz CT molecular complexity index is 168. The van der Waals surface area contributed by atoms with Crippen LogP contribution in [0.1, 0.15) is 32.1 Å². The molecule has 0 saturated heterocycles. The number of nitriles is 1. The summed E-state index contributed by atoms with van der Waals surface area (Å²) in [5, 5.41) is 20.7. The Morgan fingerprint density at radius 2 is 2.08 bits per heavy atom. The van der Waals surface area contributed by atoms with Gasteiger partial charge in [-0.25, -0.2) is 0 Å². The maximum Gasteiger partial charge on any atom is 0.106 e. The van der Waals surface area contributed by atoms with Crippen LogP contribution in [-0.2, 0) is 0 Å². The zero-order valence-corrected chi connectivity index (χ0v) is 7.34. The highest BCUT2D eigenvalue weighted by molar-refractivity contribution is 5.09. The largest absolute Gasteiger partial charge is 0.396 e. The van der Waals surface area contributed by atoms with Gasteiger partial charge in [0.15, 0.2) is 0 Å². The first-order valence-corrected chi connectivity index (χ1v) is 4.60.